The second-order valence-corrected chi connectivity index (χ2v) is 7.03. The van der Waals surface area contributed by atoms with Crippen LogP contribution in [-0.4, -0.2) is 11.9 Å². The number of benzene rings is 3. The van der Waals surface area contributed by atoms with Gasteiger partial charge < -0.3 is 14.9 Å². The van der Waals surface area contributed by atoms with Crippen molar-refractivity contribution in [2.24, 2.45) is 5.73 Å². The summed E-state index contributed by atoms with van der Waals surface area (Å²) in [5.74, 6) is -1.25. The van der Waals surface area contributed by atoms with E-state index in [-0.39, 0.29) is 22.0 Å². The van der Waals surface area contributed by atoms with Crippen molar-refractivity contribution in [1.82, 2.24) is 0 Å². The van der Waals surface area contributed by atoms with E-state index in [9.17, 15) is 14.4 Å². The summed E-state index contributed by atoms with van der Waals surface area (Å²) in [6.45, 7) is 1.68. The van der Waals surface area contributed by atoms with Crippen LogP contribution in [0.2, 0.25) is 0 Å². The van der Waals surface area contributed by atoms with Gasteiger partial charge in [0.1, 0.15) is 11.3 Å². The highest BCUT2D eigenvalue weighted by Gasteiger charge is 2.26. The van der Waals surface area contributed by atoms with Gasteiger partial charge in [0.2, 0.25) is 6.10 Å². The van der Waals surface area contributed by atoms with E-state index < -0.39 is 18.0 Å². The monoisotopic (exact) mass is 413 g/mol. The van der Waals surface area contributed by atoms with Crippen LogP contribution in [0.3, 0.4) is 0 Å². The average Bonchev–Trinajstić information content (AvgIpc) is 2.80. The fourth-order valence-electron chi connectivity index (χ4n) is 3.42. The summed E-state index contributed by atoms with van der Waals surface area (Å²) >= 11 is 0. The van der Waals surface area contributed by atoms with Crippen LogP contribution in [0.4, 0.5) is 0 Å². The molecule has 154 valence electrons. The number of fused-ring (bicyclic) bond motifs is 1. The van der Waals surface area contributed by atoms with Gasteiger partial charge in [-0.15, -0.1) is 0 Å². The molecule has 1 unspecified atom stereocenters. The van der Waals surface area contributed by atoms with Crippen LogP contribution in [0, 0.1) is 6.92 Å². The fourth-order valence-corrected chi connectivity index (χ4v) is 3.42. The third kappa shape index (κ3) is 3.83. The molecule has 0 radical (unpaired) electrons. The SMILES string of the molecule is Cc1c(-c2ccccc2)oc2c(C(=O)OC(C(N)=O)c3ccccc3)cccc2c1=O. The number of rotatable bonds is 5. The Labute approximate surface area is 177 Å². The first-order chi connectivity index (χ1) is 15.0. The van der Waals surface area contributed by atoms with Crippen molar-refractivity contribution in [3.63, 3.8) is 0 Å². The molecule has 0 aliphatic rings. The number of hydrogen-bond donors (Lipinski definition) is 1. The Bertz CT molecular complexity index is 1330. The van der Waals surface area contributed by atoms with Crippen molar-refractivity contribution < 1.29 is 18.7 Å². The van der Waals surface area contributed by atoms with E-state index in [0.717, 1.165) is 0 Å². The Morgan fingerprint density at radius 3 is 2.19 bits per heavy atom. The van der Waals surface area contributed by atoms with Crippen molar-refractivity contribution in [2.75, 3.05) is 0 Å². The molecule has 0 fully saturated rings. The van der Waals surface area contributed by atoms with Crippen molar-refractivity contribution >= 4 is 22.8 Å². The number of carbonyl (C=O) groups excluding carboxylic acids is 2. The number of carbonyl (C=O) groups is 2. The van der Waals surface area contributed by atoms with Gasteiger partial charge in [-0.3, -0.25) is 9.59 Å². The van der Waals surface area contributed by atoms with E-state index in [2.05, 4.69) is 0 Å². The summed E-state index contributed by atoms with van der Waals surface area (Å²) in [7, 11) is 0. The molecule has 4 aromatic rings. The van der Waals surface area contributed by atoms with E-state index >= 15 is 0 Å². The summed E-state index contributed by atoms with van der Waals surface area (Å²) in [6.07, 6.45) is -1.27. The van der Waals surface area contributed by atoms with Gasteiger partial charge in [-0.05, 0) is 19.1 Å². The zero-order valence-electron chi connectivity index (χ0n) is 16.7. The van der Waals surface area contributed by atoms with E-state index in [0.29, 0.717) is 22.5 Å². The zero-order valence-corrected chi connectivity index (χ0v) is 16.7. The number of nitrogens with two attached hydrogens (primary N) is 1. The summed E-state index contributed by atoms with van der Waals surface area (Å²) in [5.41, 5.74) is 6.94. The maximum Gasteiger partial charge on any atom is 0.343 e. The fraction of sp³-hybridized carbons (Fsp3) is 0.0800. The molecule has 0 bridgehead atoms. The standard InChI is InChI=1S/C25H19NO5/c1-15-20(27)18-13-8-14-19(23(18)30-21(15)16-9-4-2-5-10-16)25(29)31-22(24(26)28)17-11-6-3-7-12-17/h2-14,22H,1H3,(H2,26,28). The van der Waals surface area contributed by atoms with E-state index in [1.165, 1.54) is 6.07 Å². The molecule has 6 nitrogen and oxygen atoms in total. The van der Waals surface area contributed by atoms with Crippen LogP contribution in [-0.2, 0) is 9.53 Å². The molecule has 31 heavy (non-hydrogen) atoms. The molecule has 1 aromatic heterocycles. The van der Waals surface area contributed by atoms with Crippen molar-refractivity contribution in [3.8, 4) is 11.3 Å². The van der Waals surface area contributed by atoms with Gasteiger partial charge in [0.15, 0.2) is 11.0 Å². The summed E-state index contributed by atoms with van der Waals surface area (Å²) in [6, 6.07) is 22.3. The second-order valence-electron chi connectivity index (χ2n) is 7.03. The maximum atomic E-state index is 13.0. The molecule has 1 amide bonds. The number of ether oxygens (including phenoxy) is 1. The Hall–Kier alpha value is -4.19. The maximum absolute atomic E-state index is 13.0. The van der Waals surface area contributed by atoms with E-state index in [4.69, 9.17) is 14.9 Å². The van der Waals surface area contributed by atoms with Crippen LogP contribution in [0.1, 0.15) is 27.6 Å². The normalized spacial score (nSPS) is 11.8. The third-order valence-corrected chi connectivity index (χ3v) is 4.99. The van der Waals surface area contributed by atoms with Crippen molar-refractivity contribution in [2.45, 2.75) is 13.0 Å². The highest BCUT2D eigenvalue weighted by Crippen LogP contribution is 2.28. The third-order valence-electron chi connectivity index (χ3n) is 4.99. The summed E-state index contributed by atoms with van der Waals surface area (Å²) < 4.78 is 11.5. The topological polar surface area (TPSA) is 99.6 Å². The lowest BCUT2D eigenvalue weighted by Gasteiger charge is -2.16. The molecular weight excluding hydrogens is 394 g/mol. The molecule has 4 rings (SSSR count). The van der Waals surface area contributed by atoms with Gasteiger partial charge in [0.05, 0.1) is 5.39 Å². The average molecular weight is 413 g/mol. The molecule has 2 N–H and O–H groups in total. The van der Waals surface area contributed by atoms with Crippen LogP contribution in [0.5, 0.6) is 0 Å². The largest absolute Gasteiger partial charge is 0.455 e. The van der Waals surface area contributed by atoms with Crippen LogP contribution in [0.15, 0.2) is 88.1 Å². The Morgan fingerprint density at radius 2 is 1.55 bits per heavy atom. The number of amides is 1. The zero-order chi connectivity index (χ0) is 22.0. The van der Waals surface area contributed by atoms with Gasteiger partial charge >= 0.3 is 5.97 Å². The molecule has 1 atom stereocenters. The van der Waals surface area contributed by atoms with Crippen molar-refractivity contribution in [1.29, 1.82) is 0 Å². The Morgan fingerprint density at radius 1 is 0.903 bits per heavy atom. The highest BCUT2D eigenvalue weighted by molar-refractivity contribution is 6.03. The van der Waals surface area contributed by atoms with Gasteiger partial charge in [-0.2, -0.15) is 0 Å². The molecule has 0 saturated heterocycles. The van der Waals surface area contributed by atoms with E-state index in [1.807, 2.05) is 30.3 Å². The molecule has 0 spiro atoms. The number of esters is 1. The lowest BCUT2D eigenvalue weighted by Crippen LogP contribution is -2.26. The number of primary amides is 1. The molecule has 0 aliphatic carbocycles. The molecule has 0 aliphatic heterocycles. The second kappa shape index (κ2) is 8.28. The van der Waals surface area contributed by atoms with Gasteiger partial charge in [-0.1, -0.05) is 66.7 Å². The van der Waals surface area contributed by atoms with Crippen LogP contribution < -0.4 is 11.2 Å². The smallest absolute Gasteiger partial charge is 0.343 e. The molecule has 0 saturated carbocycles. The summed E-state index contributed by atoms with van der Waals surface area (Å²) in [4.78, 5) is 37.9. The lowest BCUT2D eigenvalue weighted by molar-refractivity contribution is -0.127. The summed E-state index contributed by atoms with van der Waals surface area (Å²) in [5, 5.41) is 0.252. The Kier molecular flexibility index (Phi) is 5.37. The number of hydrogen-bond acceptors (Lipinski definition) is 5. The molecule has 3 aromatic carbocycles. The first kappa shape index (κ1) is 20.1. The van der Waals surface area contributed by atoms with Gasteiger partial charge in [0, 0.05) is 16.7 Å². The minimum Gasteiger partial charge on any atom is -0.455 e. The van der Waals surface area contributed by atoms with Gasteiger partial charge in [-0.25, -0.2) is 4.79 Å². The predicted octanol–water partition coefficient (Wildman–Crippen LogP) is 4.15. The lowest BCUT2D eigenvalue weighted by atomic mass is 10.0. The van der Waals surface area contributed by atoms with Crippen molar-refractivity contribution in [3.05, 3.63) is 106 Å². The molecule has 1 heterocycles. The minimum absolute atomic E-state index is 0.0361. The minimum atomic E-state index is -1.27. The van der Waals surface area contributed by atoms with E-state index in [1.54, 1.807) is 49.4 Å². The van der Waals surface area contributed by atoms with Crippen LogP contribution >= 0.6 is 0 Å². The Balaban J connectivity index is 1.82. The quantitative estimate of drug-likeness (QED) is 0.496. The van der Waals surface area contributed by atoms with Gasteiger partial charge in [0.25, 0.3) is 5.91 Å². The highest BCUT2D eigenvalue weighted by atomic mass is 16.5. The first-order valence-corrected chi connectivity index (χ1v) is 9.64. The predicted molar refractivity (Wildman–Crippen MR) is 116 cm³/mol. The first-order valence-electron chi connectivity index (χ1n) is 9.64. The number of para-hydroxylation sites is 1. The van der Waals surface area contributed by atoms with Crippen LogP contribution in [0.25, 0.3) is 22.3 Å². The molecular formula is C25H19NO5. The molecule has 6 heteroatoms.